The molecule has 1 fully saturated rings. The van der Waals surface area contributed by atoms with Crippen molar-refractivity contribution in [3.63, 3.8) is 0 Å². The Bertz CT molecular complexity index is 386. The van der Waals surface area contributed by atoms with E-state index in [1.807, 2.05) is 30.3 Å². The highest BCUT2D eigenvalue weighted by molar-refractivity contribution is 5.75. The van der Waals surface area contributed by atoms with Gasteiger partial charge in [-0.1, -0.05) is 30.3 Å². The largest absolute Gasteiger partial charge is 0.480 e. The third-order valence-electron chi connectivity index (χ3n) is 3.55. The molecule has 2 rings (SSSR count). The van der Waals surface area contributed by atoms with Gasteiger partial charge in [-0.3, -0.25) is 10.1 Å². The number of hydrogen-bond acceptors (Lipinski definition) is 3. The van der Waals surface area contributed by atoms with Crippen molar-refractivity contribution < 1.29 is 9.90 Å². The van der Waals surface area contributed by atoms with Crippen LogP contribution < -0.4 is 11.1 Å². The third-order valence-corrected chi connectivity index (χ3v) is 3.55. The van der Waals surface area contributed by atoms with Crippen LogP contribution in [-0.4, -0.2) is 23.2 Å². The summed E-state index contributed by atoms with van der Waals surface area (Å²) in [6.07, 6.45) is 3.85. The molecule has 4 N–H and O–H groups in total. The van der Waals surface area contributed by atoms with Crippen molar-refractivity contribution in [2.75, 3.05) is 0 Å². The number of nitrogens with two attached hydrogens (primary N) is 1. The molecular weight excluding hydrogens is 228 g/mol. The van der Waals surface area contributed by atoms with Crippen LogP contribution >= 0.6 is 0 Å². The van der Waals surface area contributed by atoms with Crippen molar-refractivity contribution in [2.24, 2.45) is 5.73 Å². The number of aliphatic carboxylic acids is 1. The van der Waals surface area contributed by atoms with Gasteiger partial charge in [-0.05, 0) is 31.2 Å². The molecule has 1 aromatic carbocycles. The first-order chi connectivity index (χ1) is 8.66. The minimum absolute atomic E-state index is 0.256. The van der Waals surface area contributed by atoms with E-state index >= 15 is 0 Å². The molecule has 1 aromatic rings. The predicted octanol–water partition coefficient (Wildman–Crippen LogP) is 1.67. The lowest BCUT2D eigenvalue weighted by atomic mass is 9.91. The quantitative estimate of drug-likeness (QED) is 0.757. The summed E-state index contributed by atoms with van der Waals surface area (Å²) in [6.45, 7) is 0. The zero-order chi connectivity index (χ0) is 13.0. The average molecular weight is 248 g/mol. The first kappa shape index (κ1) is 13.1. The summed E-state index contributed by atoms with van der Waals surface area (Å²) in [6, 6.07) is 9.23. The van der Waals surface area contributed by atoms with Gasteiger partial charge in [-0.25, -0.2) is 0 Å². The van der Waals surface area contributed by atoms with Crippen LogP contribution in [0.3, 0.4) is 0 Å². The Hall–Kier alpha value is -1.39. The van der Waals surface area contributed by atoms with E-state index in [-0.39, 0.29) is 12.1 Å². The lowest BCUT2D eigenvalue weighted by Crippen LogP contribution is -2.41. The van der Waals surface area contributed by atoms with Crippen LogP contribution in [0.2, 0.25) is 0 Å². The molecule has 0 heterocycles. The zero-order valence-corrected chi connectivity index (χ0v) is 10.4. The standard InChI is InChI=1S/C14H20N2O2/c15-11-6-8-12(9-7-11)16-13(14(17)18)10-4-2-1-3-5-10/h1-5,11-13,16H,6-9,15H2,(H,17,18). The van der Waals surface area contributed by atoms with Gasteiger partial charge in [-0.15, -0.1) is 0 Å². The Morgan fingerprint density at radius 3 is 2.39 bits per heavy atom. The van der Waals surface area contributed by atoms with Crippen molar-refractivity contribution >= 4 is 5.97 Å². The van der Waals surface area contributed by atoms with Crippen molar-refractivity contribution in [2.45, 2.75) is 43.8 Å². The average Bonchev–Trinajstić information content (AvgIpc) is 2.38. The van der Waals surface area contributed by atoms with E-state index in [9.17, 15) is 9.90 Å². The number of carbonyl (C=O) groups is 1. The molecule has 1 aliphatic rings. The Balaban J connectivity index is 2.01. The van der Waals surface area contributed by atoms with E-state index < -0.39 is 12.0 Å². The molecule has 0 aliphatic heterocycles. The van der Waals surface area contributed by atoms with E-state index in [4.69, 9.17) is 5.73 Å². The van der Waals surface area contributed by atoms with E-state index in [1.54, 1.807) is 0 Å². The predicted molar refractivity (Wildman–Crippen MR) is 70.2 cm³/mol. The fraction of sp³-hybridized carbons (Fsp3) is 0.500. The Morgan fingerprint density at radius 1 is 1.22 bits per heavy atom. The summed E-state index contributed by atoms with van der Waals surface area (Å²) in [7, 11) is 0. The third kappa shape index (κ3) is 3.31. The van der Waals surface area contributed by atoms with Crippen molar-refractivity contribution in [3.05, 3.63) is 35.9 Å². The van der Waals surface area contributed by atoms with E-state index in [0.717, 1.165) is 31.2 Å². The molecule has 0 spiro atoms. The fourth-order valence-electron chi connectivity index (χ4n) is 2.48. The normalized spacial score (nSPS) is 25.6. The highest BCUT2D eigenvalue weighted by atomic mass is 16.4. The van der Waals surface area contributed by atoms with Crippen LogP contribution in [0.4, 0.5) is 0 Å². The number of benzene rings is 1. The van der Waals surface area contributed by atoms with Crippen LogP contribution in [0, 0.1) is 0 Å². The van der Waals surface area contributed by atoms with Gasteiger partial charge in [-0.2, -0.15) is 0 Å². The molecule has 0 radical (unpaired) electrons. The first-order valence-corrected chi connectivity index (χ1v) is 6.46. The molecule has 0 amide bonds. The second-order valence-corrected chi connectivity index (χ2v) is 4.96. The second-order valence-electron chi connectivity index (χ2n) is 4.96. The van der Waals surface area contributed by atoms with Crippen molar-refractivity contribution in [1.82, 2.24) is 5.32 Å². The maximum atomic E-state index is 11.4. The lowest BCUT2D eigenvalue weighted by molar-refractivity contribution is -0.140. The highest BCUT2D eigenvalue weighted by Gasteiger charge is 2.25. The summed E-state index contributed by atoms with van der Waals surface area (Å²) >= 11 is 0. The van der Waals surface area contributed by atoms with Crippen LogP contribution in [0.25, 0.3) is 0 Å². The molecule has 1 atom stereocenters. The van der Waals surface area contributed by atoms with Gasteiger partial charge in [0.05, 0.1) is 0 Å². The van der Waals surface area contributed by atoms with Crippen LogP contribution in [-0.2, 0) is 4.79 Å². The van der Waals surface area contributed by atoms with Crippen molar-refractivity contribution in [1.29, 1.82) is 0 Å². The molecule has 98 valence electrons. The van der Waals surface area contributed by atoms with E-state index in [1.165, 1.54) is 0 Å². The fourth-order valence-corrected chi connectivity index (χ4v) is 2.48. The van der Waals surface area contributed by atoms with Gasteiger partial charge >= 0.3 is 5.97 Å². The van der Waals surface area contributed by atoms with Gasteiger partial charge in [0.2, 0.25) is 0 Å². The second kappa shape index (κ2) is 5.98. The van der Waals surface area contributed by atoms with Gasteiger partial charge in [0.15, 0.2) is 0 Å². The molecule has 0 bridgehead atoms. The molecule has 1 saturated carbocycles. The molecule has 1 aliphatic carbocycles. The number of hydrogen-bond donors (Lipinski definition) is 3. The molecule has 4 heteroatoms. The van der Waals surface area contributed by atoms with Crippen LogP contribution in [0.5, 0.6) is 0 Å². The minimum Gasteiger partial charge on any atom is -0.480 e. The summed E-state index contributed by atoms with van der Waals surface area (Å²) in [4.78, 5) is 11.4. The highest BCUT2D eigenvalue weighted by Crippen LogP contribution is 2.21. The summed E-state index contributed by atoms with van der Waals surface area (Å²) < 4.78 is 0. The van der Waals surface area contributed by atoms with E-state index in [0.29, 0.717) is 0 Å². The maximum absolute atomic E-state index is 11.4. The molecule has 18 heavy (non-hydrogen) atoms. The minimum atomic E-state index is -0.823. The zero-order valence-electron chi connectivity index (χ0n) is 10.4. The van der Waals surface area contributed by atoms with Crippen LogP contribution in [0.15, 0.2) is 30.3 Å². The lowest BCUT2D eigenvalue weighted by Gasteiger charge is -2.29. The Morgan fingerprint density at radius 2 is 1.83 bits per heavy atom. The molecule has 0 saturated heterocycles. The SMILES string of the molecule is NC1CCC(NC(C(=O)O)c2ccccc2)CC1. The smallest absolute Gasteiger partial charge is 0.325 e. The van der Waals surface area contributed by atoms with Crippen molar-refractivity contribution in [3.8, 4) is 0 Å². The molecular formula is C14H20N2O2. The molecule has 4 nitrogen and oxygen atoms in total. The first-order valence-electron chi connectivity index (χ1n) is 6.46. The summed E-state index contributed by atoms with van der Waals surface area (Å²) in [5.41, 5.74) is 6.66. The summed E-state index contributed by atoms with van der Waals surface area (Å²) in [5.74, 6) is -0.823. The number of nitrogens with one attached hydrogen (secondary N) is 1. The Labute approximate surface area is 107 Å². The van der Waals surface area contributed by atoms with Gasteiger partial charge in [0, 0.05) is 12.1 Å². The Kier molecular flexibility index (Phi) is 4.33. The summed E-state index contributed by atoms with van der Waals surface area (Å²) in [5, 5.41) is 12.6. The monoisotopic (exact) mass is 248 g/mol. The number of carboxylic acid groups (broad SMARTS) is 1. The molecule has 1 unspecified atom stereocenters. The molecule has 0 aromatic heterocycles. The number of rotatable bonds is 4. The van der Waals surface area contributed by atoms with Gasteiger partial charge in [0.25, 0.3) is 0 Å². The van der Waals surface area contributed by atoms with Gasteiger partial charge < -0.3 is 10.8 Å². The van der Waals surface area contributed by atoms with Gasteiger partial charge in [0.1, 0.15) is 6.04 Å². The topological polar surface area (TPSA) is 75.3 Å². The maximum Gasteiger partial charge on any atom is 0.325 e. The number of carboxylic acids is 1. The van der Waals surface area contributed by atoms with Crippen LogP contribution in [0.1, 0.15) is 37.3 Å². The van der Waals surface area contributed by atoms with E-state index in [2.05, 4.69) is 5.32 Å².